The van der Waals surface area contributed by atoms with Crippen molar-refractivity contribution in [3.05, 3.63) is 6.61 Å². The highest BCUT2D eigenvalue weighted by atomic mass is 16.5. The Kier molecular flexibility index (Phi) is 21.8. The Morgan fingerprint density at radius 2 is 1.00 bits per heavy atom. The molecule has 0 bridgehead atoms. The molecule has 0 aliphatic heterocycles. The van der Waals surface area contributed by atoms with Gasteiger partial charge in [-0.3, -0.25) is 0 Å². The molecule has 139 valence electrons. The predicted octanol–water partition coefficient (Wildman–Crippen LogP) is 6.81. The lowest BCUT2D eigenvalue weighted by Gasteiger charge is -2.04. The zero-order valence-corrected chi connectivity index (χ0v) is 15.9. The van der Waals surface area contributed by atoms with Gasteiger partial charge in [-0.25, -0.2) is 0 Å². The molecule has 0 aromatic heterocycles. The normalized spacial score (nSPS) is 11.2. The van der Waals surface area contributed by atoms with E-state index in [1.54, 1.807) is 6.61 Å². The van der Waals surface area contributed by atoms with Crippen molar-refractivity contribution < 1.29 is 9.84 Å². The molecule has 0 atom stereocenters. The molecule has 0 aromatic rings. The Labute approximate surface area is 146 Å². The van der Waals surface area contributed by atoms with Gasteiger partial charge in [-0.2, -0.15) is 0 Å². The van der Waals surface area contributed by atoms with Crippen LogP contribution in [0.15, 0.2) is 0 Å². The van der Waals surface area contributed by atoms with Crippen LogP contribution in [0.3, 0.4) is 0 Å². The van der Waals surface area contributed by atoms with Crippen molar-refractivity contribution in [3.63, 3.8) is 0 Å². The van der Waals surface area contributed by atoms with Crippen LogP contribution in [0.25, 0.3) is 0 Å². The van der Waals surface area contributed by atoms with Crippen LogP contribution in [0.1, 0.15) is 116 Å². The van der Waals surface area contributed by atoms with Gasteiger partial charge in [-0.1, -0.05) is 103 Å². The average molecular weight is 328 g/mol. The molecule has 0 spiro atoms. The topological polar surface area (TPSA) is 29.5 Å². The highest BCUT2D eigenvalue weighted by Gasteiger charge is 1.95. The second kappa shape index (κ2) is 21.9. The van der Waals surface area contributed by atoms with Gasteiger partial charge in [0, 0.05) is 13.2 Å². The molecule has 1 N–H and O–H groups in total. The summed E-state index contributed by atoms with van der Waals surface area (Å²) in [5, 5.41) is 8.60. The number of rotatable bonds is 20. The molecular weight excluding hydrogens is 284 g/mol. The molecule has 0 amide bonds. The van der Waals surface area contributed by atoms with E-state index in [9.17, 15) is 0 Å². The molecule has 0 rings (SSSR count). The number of aliphatic hydroxyl groups excluding tert-OH is 1. The quantitative estimate of drug-likeness (QED) is 0.249. The van der Waals surface area contributed by atoms with Crippen LogP contribution in [-0.4, -0.2) is 18.3 Å². The molecule has 0 unspecified atom stereocenters. The van der Waals surface area contributed by atoms with Crippen molar-refractivity contribution in [3.8, 4) is 0 Å². The largest absolute Gasteiger partial charge is 0.396 e. The van der Waals surface area contributed by atoms with E-state index in [4.69, 9.17) is 9.84 Å². The summed E-state index contributed by atoms with van der Waals surface area (Å²) in [6.45, 7) is 5.02. The van der Waals surface area contributed by atoms with E-state index in [0.717, 1.165) is 13.0 Å². The third-order valence-electron chi connectivity index (χ3n) is 4.48. The zero-order chi connectivity index (χ0) is 16.8. The molecule has 0 aliphatic rings. The first-order valence-electron chi connectivity index (χ1n) is 10.5. The van der Waals surface area contributed by atoms with Crippen LogP contribution in [-0.2, 0) is 4.74 Å². The number of hydrogen-bond donors (Lipinski definition) is 1. The van der Waals surface area contributed by atoms with E-state index < -0.39 is 0 Å². The maximum absolute atomic E-state index is 8.60. The fourth-order valence-corrected chi connectivity index (χ4v) is 2.95. The maximum Gasteiger partial charge on any atom is 0.0859 e. The van der Waals surface area contributed by atoms with Gasteiger partial charge in [0.1, 0.15) is 0 Å². The van der Waals surface area contributed by atoms with Crippen molar-refractivity contribution in [2.75, 3.05) is 13.2 Å². The smallest absolute Gasteiger partial charge is 0.0859 e. The molecule has 0 aliphatic carbocycles. The van der Waals surface area contributed by atoms with Crippen molar-refractivity contribution in [1.82, 2.24) is 0 Å². The van der Waals surface area contributed by atoms with Crippen LogP contribution >= 0.6 is 0 Å². The van der Waals surface area contributed by atoms with E-state index in [0.29, 0.717) is 6.42 Å². The van der Waals surface area contributed by atoms with Gasteiger partial charge < -0.3 is 9.84 Å². The highest BCUT2D eigenvalue weighted by molar-refractivity contribution is 4.51. The van der Waals surface area contributed by atoms with Crippen LogP contribution < -0.4 is 0 Å². The molecule has 0 saturated heterocycles. The van der Waals surface area contributed by atoms with E-state index in [-0.39, 0.29) is 6.61 Å². The first-order valence-corrected chi connectivity index (χ1v) is 10.5. The summed E-state index contributed by atoms with van der Waals surface area (Å²) in [5.74, 6) is 0. The molecule has 1 radical (unpaired) electrons. The Balaban J connectivity index is 2.92. The van der Waals surface area contributed by atoms with Crippen LogP contribution in [0, 0.1) is 6.61 Å². The number of unbranched alkanes of at least 4 members (excludes halogenated alkanes) is 15. The van der Waals surface area contributed by atoms with Gasteiger partial charge in [-0.05, 0) is 12.8 Å². The SMILES string of the molecule is CCCCCCCCCCCCCCCCCCO[CH]CCO. The Morgan fingerprint density at radius 3 is 1.39 bits per heavy atom. The predicted molar refractivity (Wildman–Crippen MR) is 102 cm³/mol. The van der Waals surface area contributed by atoms with Crippen molar-refractivity contribution >= 4 is 0 Å². The standard InChI is InChI=1S/C21H43O2/c1-2-3-4-5-6-7-8-9-10-11-12-13-14-15-16-17-20-23-21-18-19-22/h21-22H,2-20H2,1H3. The minimum absolute atomic E-state index is 0.193. The first-order chi connectivity index (χ1) is 11.4. The van der Waals surface area contributed by atoms with Crippen LogP contribution in [0.4, 0.5) is 0 Å². The molecule has 0 saturated carbocycles. The molecule has 2 nitrogen and oxygen atoms in total. The minimum atomic E-state index is 0.193. The number of hydrogen-bond acceptors (Lipinski definition) is 2. The van der Waals surface area contributed by atoms with Gasteiger partial charge >= 0.3 is 0 Å². The Bertz CT molecular complexity index is 174. The third-order valence-corrected chi connectivity index (χ3v) is 4.48. The monoisotopic (exact) mass is 327 g/mol. The summed E-state index contributed by atoms with van der Waals surface area (Å²) < 4.78 is 5.31. The lowest BCUT2D eigenvalue weighted by molar-refractivity contribution is 0.168. The van der Waals surface area contributed by atoms with E-state index >= 15 is 0 Å². The lowest BCUT2D eigenvalue weighted by atomic mass is 10.0. The van der Waals surface area contributed by atoms with E-state index in [1.165, 1.54) is 96.3 Å². The summed E-state index contributed by atoms with van der Waals surface area (Å²) >= 11 is 0. The highest BCUT2D eigenvalue weighted by Crippen LogP contribution is 2.13. The minimum Gasteiger partial charge on any atom is -0.396 e. The molecule has 0 fully saturated rings. The second-order valence-corrected chi connectivity index (χ2v) is 6.85. The molecular formula is C21H43O2. The van der Waals surface area contributed by atoms with Gasteiger partial charge in [0.05, 0.1) is 6.61 Å². The van der Waals surface area contributed by atoms with Gasteiger partial charge in [0.15, 0.2) is 0 Å². The molecule has 23 heavy (non-hydrogen) atoms. The maximum atomic E-state index is 8.60. The summed E-state index contributed by atoms with van der Waals surface area (Å²) in [6.07, 6.45) is 23.1. The third kappa shape index (κ3) is 21.9. The van der Waals surface area contributed by atoms with Gasteiger partial charge in [-0.15, -0.1) is 0 Å². The van der Waals surface area contributed by atoms with E-state index in [2.05, 4.69) is 6.92 Å². The van der Waals surface area contributed by atoms with Crippen LogP contribution in [0.2, 0.25) is 0 Å². The zero-order valence-electron chi connectivity index (χ0n) is 15.9. The van der Waals surface area contributed by atoms with Gasteiger partial charge in [0.2, 0.25) is 0 Å². The van der Waals surface area contributed by atoms with E-state index in [1.807, 2.05) is 0 Å². The fraction of sp³-hybridized carbons (Fsp3) is 0.952. The van der Waals surface area contributed by atoms with Crippen molar-refractivity contribution in [2.24, 2.45) is 0 Å². The molecule has 0 aromatic carbocycles. The average Bonchev–Trinajstić information content (AvgIpc) is 2.57. The summed E-state index contributed by atoms with van der Waals surface area (Å²) in [5.41, 5.74) is 0. The van der Waals surface area contributed by atoms with Crippen molar-refractivity contribution in [2.45, 2.75) is 116 Å². The Morgan fingerprint density at radius 1 is 0.609 bits per heavy atom. The van der Waals surface area contributed by atoms with Crippen LogP contribution in [0.5, 0.6) is 0 Å². The summed E-state index contributed by atoms with van der Waals surface area (Å²) in [6, 6.07) is 0. The second-order valence-electron chi connectivity index (χ2n) is 6.85. The van der Waals surface area contributed by atoms with Gasteiger partial charge in [0.25, 0.3) is 0 Å². The molecule has 2 heteroatoms. The van der Waals surface area contributed by atoms with Crippen molar-refractivity contribution in [1.29, 1.82) is 0 Å². The number of ether oxygens (including phenoxy) is 1. The number of aliphatic hydroxyl groups is 1. The summed E-state index contributed by atoms with van der Waals surface area (Å²) in [7, 11) is 0. The molecule has 0 heterocycles. The summed E-state index contributed by atoms with van der Waals surface area (Å²) in [4.78, 5) is 0. The Hall–Kier alpha value is -0.0800. The lowest BCUT2D eigenvalue weighted by Crippen LogP contribution is -1.94. The first kappa shape index (κ1) is 22.9. The fourth-order valence-electron chi connectivity index (χ4n) is 2.95.